The molecule has 3 N–H and O–H groups in total. The van der Waals surface area contributed by atoms with Crippen molar-refractivity contribution < 1.29 is 23.8 Å². The number of hydrogen-bond donors (Lipinski definition) is 3. The molecule has 1 heterocycles. The van der Waals surface area contributed by atoms with Crippen LogP contribution in [0.1, 0.15) is 30.1 Å². The largest absolute Gasteiger partial charge is 0.478 e. The van der Waals surface area contributed by atoms with Crippen LogP contribution in [0.3, 0.4) is 0 Å². The van der Waals surface area contributed by atoms with Gasteiger partial charge in [-0.3, -0.25) is 0 Å². The van der Waals surface area contributed by atoms with Crippen molar-refractivity contribution in [2.24, 2.45) is 0 Å². The van der Waals surface area contributed by atoms with Crippen molar-refractivity contribution in [3.05, 3.63) is 29.6 Å². The lowest BCUT2D eigenvalue weighted by molar-refractivity contribution is 0.0232. The minimum absolute atomic E-state index is 0.274. The molecular weight excluding hydrogens is 279 g/mol. The van der Waals surface area contributed by atoms with E-state index in [1.54, 1.807) is 0 Å². The number of ether oxygens (including phenoxy) is 1. The van der Waals surface area contributed by atoms with Gasteiger partial charge < -0.3 is 20.5 Å². The first-order valence-corrected chi connectivity index (χ1v) is 6.62. The molecule has 1 aromatic carbocycles. The molecule has 1 atom stereocenters. The van der Waals surface area contributed by atoms with E-state index >= 15 is 0 Å². The molecule has 6 nitrogen and oxygen atoms in total. The number of nitrogens with one attached hydrogen (secondary N) is 2. The maximum Gasteiger partial charge on any atom is 0.337 e. The zero-order valence-corrected chi connectivity index (χ0v) is 11.6. The number of para-hydroxylation sites is 1. The average molecular weight is 296 g/mol. The molecule has 1 saturated heterocycles. The van der Waals surface area contributed by atoms with Crippen LogP contribution < -0.4 is 10.6 Å². The number of aromatic carboxylic acids is 1. The second kappa shape index (κ2) is 6.09. The third-order valence-corrected chi connectivity index (χ3v) is 3.41. The van der Waals surface area contributed by atoms with Crippen molar-refractivity contribution in [1.29, 1.82) is 0 Å². The molecule has 2 amide bonds. The monoisotopic (exact) mass is 296 g/mol. The molecule has 0 radical (unpaired) electrons. The Morgan fingerprint density at radius 3 is 2.86 bits per heavy atom. The van der Waals surface area contributed by atoms with E-state index in [2.05, 4.69) is 10.6 Å². The fourth-order valence-corrected chi connectivity index (χ4v) is 2.23. The number of carbonyl (C=O) groups excluding carboxylic acids is 1. The van der Waals surface area contributed by atoms with Gasteiger partial charge in [0.1, 0.15) is 5.82 Å². The van der Waals surface area contributed by atoms with E-state index in [0.29, 0.717) is 6.61 Å². The summed E-state index contributed by atoms with van der Waals surface area (Å²) in [6, 6.07) is 2.92. The number of carboxylic acid groups (broad SMARTS) is 1. The summed E-state index contributed by atoms with van der Waals surface area (Å²) in [5.74, 6) is -2.11. The first-order chi connectivity index (χ1) is 9.91. The van der Waals surface area contributed by atoms with Crippen LogP contribution >= 0.6 is 0 Å². The molecule has 7 heteroatoms. The number of carbonyl (C=O) groups is 2. The Morgan fingerprint density at radius 2 is 2.24 bits per heavy atom. The van der Waals surface area contributed by atoms with Gasteiger partial charge in [-0.15, -0.1) is 0 Å². The van der Waals surface area contributed by atoms with Gasteiger partial charge in [0.15, 0.2) is 0 Å². The van der Waals surface area contributed by atoms with Crippen molar-refractivity contribution in [3.63, 3.8) is 0 Å². The molecule has 1 unspecified atom stereocenters. The number of rotatable bonds is 4. The topological polar surface area (TPSA) is 87.7 Å². The number of urea groups is 1. The fourth-order valence-electron chi connectivity index (χ4n) is 2.23. The summed E-state index contributed by atoms with van der Waals surface area (Å²) in [6.45, 7) is 2.80. The van der Waals surface area contributed by atoms with Crippen molar-refractivity contribution in [1.82, 2.24) is 5.32 Å². The summed E-state index contributed by atoms with van der Waals surface area (Å²) >= 11 is 0. The minimum Gasteiger partial charge on any atom is -0.478 e. The summed E-state index contributed by atoms with van der Waals surface area (Å²) in [7, 11) is 0. The van der Waals surface area contributed by atoms with Gasteiger partial charge in [-0.2, -0.15) is 0 Å². The maximum atomic E-state index is 13.7. The van der Waals surface area contributed by atoms with Crippen LogP contribution in [0.4, 0.5) is 14.9 Å². The summed E-state index contributed by atoms with van der Waals surface area (Å²) in [5.41, 5.74) is -1.07. The zero-order valence-electron chi connectivity index (χ0n) is 11.6. The van der Waals surface area contributed by atoms with Gasteiger partial charge in [-0.05, 0) is 31.9 Å². The number of halogens is 1. The van der Waals surface area contributed by atoms with Crippen molar-refractivity contribution in [2.75, 3.05) is 18.5 Å². The van der Waals surface area contributed by atoms with E-state index in [1.165, 1.54) is 12.1 Å². The quantitative estimate of drug-likeness (QED) is 0.795. The Labute approximate surface area is 121 Å². The van der Waals surface area contributed by atoms with Gasteiger partial charge >= 0.3 is 12.0 Å². The highest BCUT2D eigenvalue weighted by atomic mass is 19.1. The molecule has 114 valence electrons. The average Bonchev–Trinajstić information content (AvgIpc) is 2.86. The van der Waals surface area contributed by atoms with Crippen molar-refractivity contribution in [3.8, 4) is 0 Å². The number of carboxylic acids is 1. The molecule has 0 saturated carbocycles. The maximum absolute atomic E-state index is 13.7. The van der Waals surface area contributed by atoms with Crippen LogP contribution in [0.25, 0.3) is 0 Å². The Balaban J connectivity index is 2.01. The highest BCUT2D eigenvalue weighted by Crippen LogP contribution is 2.24. The first kappa shape index (κ1) is 15.2. The number of hydrogen-bond acceptors (Lipinski definition) is 3. The van der Waals surface area contributed by atoms with Crippen molar-refractivity contribution >= 4 is 17.7 Å². The third kappa shape index (κ3) is 3.69. The SMILES string of the molecule is CC1(CNC(=O)Nc2c(F)cccc2C(=O)O)CCCO1. The molecule has 21 heavy (non-hydrogen) atoms. The lowest BCUT2D eigenvalue weighted by atomic mass is 10.0. The Bertz CT molecular complexity index is 556. The molecule has 0 bridgehead atoms. The van der Waals surface area contributed by atoms with Gasteiger partial charge in [0, 0.05) is 13.2 Å². The molecule has 1 aliphatic rings. The minimum atomic E-state index is -1.31. The van der Waals surface area contributed by atoms with E-state index < -0.39 is 23.4 Å². The molecule has 1 aliphatic heterocycles. The van der Waals surface area contributed by atoms with Gasteiger partial charge in [0.05, 0.1) is 16.9 Å². The second-order valence-corrected chi connectivity index (χ2v) is 5.18. The van der Waals surface area contributed by atoms with E-state index in [1.807, 2.05) is 6.92 Å². The van der Waals surface area contributed by atoms with Crippen LogP contribution in [-0.2, 0) is 4.74 Å². The highest BCUT2D eigenvalue weighted by molar-refractivity contribution is 6.00. The normalized spacial score (nSPS) is 21.0. The second-order valence-electron chi connectivity index (χ2n) is 5.18. The van der Waals surface area contributed by atoms with Crippen LogP contribution in [0, 0.1) is 5.82 Å². The van der Waals surface area contributed by atoms with E-state index in [9.17, 15) is 14.0 Å². The predicted molar refractivity (Wildman–Crippen MR) is 74.0 cm³/mol. The van der Waals surface area contributed by atoms with Crippen LogP contribution in [0.15, 0.2) is 18.2 Å². The summed E-state index contributed by atoms with van der Waals surface area (Å²) in [5, 5.41) is 13.8. The molecule has 2 rings (SSSR count). The standard InChI is InChI=1S/C14H17FN2O4/c1-14(6-3-7-21-14)8-16-13(20)17-11-9(12(18)19)4-2-5-10(11)15/h2,4-5H,3,6-8H2,1H3,(H,18,19)(H2,16,17,20). The summed E-state index contributed by atoms with van der Waals surface area (Å²) < 4.78 is 19.2. The number of benzene rings is 1. The van der Waals surface area contributed by atoms with Crippen LogP contribution in [0.5, 0.6) is 0 Å². The van der Waals surface area contributed by atoms with Gasteiger partial charge in [-0.25, -0.2) is 14.0 Å². The number of anilines is 1. The van der Waals surface area contributed by atoms with E-state index in [-0.39, 0.29) is 17.8 Å². The number of amides is 2. The Hall–Kier alpha value is -2.15. The fraction of sp³-hybridized carbons (Fsp3) is 0.429. The smallest absolute Gasteiger partial charge is 0.337 e. The predicted octanol–water partition coefficient (Wildman–Crippen LogP) is 2.21. The molecule has 0 spiro atoms. The molecule has 1 aromatic rings. The highest BCUT2D eigenvalue weighted by Gasteiger charge is 2.30. The Morgan fingerprint density at radius 1 is 1.48 bits per heavy atom. The molecule has 1 fully saturated rings. The van der Waals surface area contributed by atoms with E-state index in [4.69, 9.17) is 9.84 Å². The molecular formula is C14H17FN2O4. The molecule has 0 aliphatic carbocycles. The lowest BCUT2D eigenvalue weighted by Crippen LogP contribution is -2.42. The van der Waals surface area contributed by atoms with Gasteiger partial charge in [-0.1, -0.05) is 6.07 Å². The Kier molecular flexibility index (Phi) is 4.42. The van der Waals surface area contributed by atoms with E-state index in [0.717, 1.165) is 18.9 Å². The lowest BCUT2D eigenvalue weighted by Gasteiger charge is -2.23. The van der Waals surface area contributed by atoms with Gasteiger partial charge in [0.25, 0.3) is 0 Å². The summed E-state index contributed by atoms with van der Waals surface area (Å²) in [6.07, 6.45) is 1.75. The summed E-state index contributed by atoms with van der Waals surface area (Å²) in [4.78, 5) is 22.8. The zero-order chi connectivity index (χ0) is 15.5. The van der Waals surface area contributed by atoms with Crippen molar-refractivity contribution in [2.45, 2.75) is 25.4 Å². The van der Waals surface area contributed by atoms with Gasteiger partial charge in [0.2, 0.25) is 0 Å². The third-order valence-electron chi connectivity index (χ3n) is 3.41. The van der Waals surface area contributed by atoms with Crippen LogP contribution in [0.2, 0.25) is 0 Å². The molecule has 0 aromatic heterocycles. The van der Waals surface area contributed by atoms with Crippen LogP contribution in [-0.4, -0.2) is 35.9 Å². The first-order valence-electron chi connectivity index (χ1n) is 6.62.